The van der Waals surface area contributed by atoms with Crippen LogP contribution in [0.1, 0.15) is 31.9 Å². The van der Waals surface area contributed by atoms with Gasteiger partial charge in [0.05, 0.1) is 6.20 Å². The molecule has 1 atom stereocenters. The lowest BCUT2D eigenvalue weighted by molar-refractivity contribution is 0.577. The van der Waals surface area contributed by atoms with Gasteiger partial charge in [-0.2, -0.15) is 5.10 Å². The third kappa shape index (κ3) is 2.62. The summed E-state index contributed by atoms with van der Waals surface area (Å²) in [6, 6.07) is 9.11. The highest BCUT2D eigenvalue weighted by Crippen LogP contribution is 2.24. The predicted octanol–water partition coefficient (Wildman–Crippen LogP) is 3.24. The van der Waals surface area contributed by atoms with E-state index < -0.39 is 0 Å². The van der Waals surface area contributed by atoms with Crippen molar-refractivity contribution < 1.29 is 0 Å². The number of rotatable bonds is 5. The van der Waals surface area contributed by atoms with E-state index in [1.165, 1.54) is 16.7 Å². The molecule has 0 bridgehead atoms. The minimum atomic E-state index is 0.422. The van der Waals surface area contributed by atoms with E-state index in [2.05, 4.69) is 54.7 Å². The monoisotopic (exact) mass is 243 g/mol. The molecule has 0 aliphatic heterocycles. The van der Waals surface area contributed by atoms with Crippen molar-refractivity contribution in [3.05, 3.63) is 42.2 Å². The predicted molar refractivity (Wildman–Crippen MR) is 75.4 cm³/mol. The van der Waals surface area contributed by atoms with Gasteiger partial charge in [0.1, 0.15) is 0 Å². The van der Waals surface area contributed by atoms with Crippen LogP contribution in [0.15, 0.2) is 36.7 Å². The van der Waals surface area contributed by atoms with Gasteiger partial charge in [0.2, 0.25) is 0 Å². The SMILES string of the molecule is CCC(NC)c1cccc(-c2cnn(CC)c2)c1. The minimum Gasteiger partial charge on any atom is -0.313 e. The second-order valence-corrected chi connectivity index (χ2v) is 4.46. The third-order valence-electron chi connectivity index (χ3n) is 3.34. The summed E-state index contributed by atoms with van der Waals surface area (Å²) in [6.45, 7) is 5.21. The van der Waals surface area contributed by atoms with Crippen LogP contribution in [-0.4, -0.2) is 16.8 Å². The summed E-state index contributed by atoms with van der Waals surface area (Å²) < 4.78 is 1.96. The van der Waals surface area contributed by atoms with Crippen molar-refractivity contribution in [2.24, 2.45) is 0 Å². The fourth-order valence-corrected chi connectivity index (χ4v) is 2.23. The van der Waals surface area contributed by atoms with E-state index >= 15 is 0 Å². The van der Waals surface area contributed by atoms with Gasteiger partial charge in [-0.1, -0.05) is 25.1 Å². The van der Waals surface area contributed by atoms with Crippen molar-refractivity contribution in [1.29, 1.82) is 0 Å². The van der Waals surface area contributed by atoms with Gasteiger partial charge in [-0.25, -0.2) is 0 Å². The van der Waals surface area contributed by atoms with Gasteiger partial charge in [-0.15, -0.1) is 0 Å². The van der Waals surface area contributed by atoms with Gasteiger partial charge >= 0.3 is 0 Å². The van der Waals surface area contributed by atoms with Crippen LogP contribution < -0.4 is 5.32 Å². The maximum atomic E-state index is 4.33. The number of nitrogens with one attached hydrogen (secondary N) is 1. The lowest BCUT2D eigenvalue weighted by Crippen LogP contribution is -2.14. The normalized spacial score (nSPS) is 12.6. The van der Waals surface area contributed by atoms with Crippen LogP contribution in [0.3, 0.4) is 0 Å². The average Bonchev–Trinajstić information content (AvgIpc) is 2.89. The second kappa shape index (κ2) is 5.83. The van der Waals surface area contributed by atoms with Gasteiger partial charge in [0, 0.05) is 24.3 Å². The molecule has 1 aromatic heterocycles. The number of hydrogen-bond acceptors (Lipinski definition) is 2. The second-order valence-electron chi connectivity index (χ2n) is 4.46. The minimum absolute atomic E-state index is 0.422. The highest BCUT2D eigenvalue weighted by Gasteiger charge is 2.08. The Bertz CT molecular complexity index is 498. The maximum absolute atomic E-state index is 4.33. The van der Waals surface area contributed by atoms with Crippen LogP contribution in [-0.2, 0) is 6.54 Å². The van der Waals surface area contributed by atoms with Gasteiger partial charge in [-0.05, 0) is 37.6 Å². The molecule has 0 spiro atoms. The Balaban J connectivity index is 2.31. The summed E-state index contributed by atoms with van der Waals surface area (Å²) in [7, 11) is 2.01. The van der Waals surface area contributed by atoms with E-state index in [1.54, 1.807) is 0 Å². The summed E-state index contributed by atoms with van der Waals surface area (Å²) in [6.07, 6.45) is 5.12. The van der Waals surface area contributed by atoms with Crippen molar-refractivity contribution in [1.82, 2.24) is 15.1 Å². The Morgan fingerprint density at radius 2 is 2.11 bits per heavy atom. The molecule has 2 aromatic rings. The molecule has 1 unspecified atom stereocenters. The van der Waals surface area contributed by atoms with Gasteiger partial charge in [-0.3, -0.25) is 4.68 Å². The number of nitrogens with zero attached hydrogens (tertiary/aromatic N) is 2. The summed E-state index contributed by atoms with van der Waals surface area (Å²) in [5, 5.41) is 7.67. The molecule has 0 aliphatic rings. The quantitative estimate of drug-likeness (QED) is 0.873. The molecule has 18 heavy (non-hydrogen) atoms. The summed E-state index contributed by atoms with van der Waals surface area (Å²) in [5.41, 5.74) is 3.76. The summed E-state index contributed by atoms with van der Waals surface area (Å²) >= 11 is 0. The molecule has 3 heteroatoms. The topological polar surface area (TPSA) is 29.9 Å². The lowest BCUT2D eigenvalue weighted by atomic mass is 10.00. The molecule has 1 N–H and O–H groups in total. The van der Waals surface area contributed by atoms with Crippen molar-refractivity contribution in [2.45, 2.75) is 32.9 Å². The summed E-state index contributed by atoms with van der Waals surface area (Å²) in [5.74, 6) is 0. The Morgan fingerprint density at radius 1 is 1.28 bits per heavy atom. The van der Waals surface area contributed by atoms with E-state index in [9.17, 15) is 0 Å². The van der Waals surface area contributed by atoms with E-state index in [-0.39, 0.29) is 0 Å². The number of aromatic nitrogens is 2. The summed E-state index contributed by atoms with van der Waals surface area (Å²) in [4.78, 5) is 0. The molecule has 0 fully saturated rings. The highest BCUT2D eigenvalue weighted by molar-refractivity contribution is 5.62. The molecule has 3 nitrogen and oxygen atoms in total. The van der Waals surface area contributed by atoms with Crippen LogP contribution >= 0.6 is 0 Å². The van der Waals surface area contributed by atoms with E-state index in [0.29, 0.717) is 6.04 Å². The van der Waals surface area contributed by atoms with Crippen molar-refractivity contribution >= 4 is 0 Å². The third-order valence-corrected chi connectivity index (χ3v) is 3.34. The average molecular weight is 243 g/mol. The fourth-order valence-electron chi connectivity index (χ4n) is 2.23. The maximum Gasteiger partial charge on any atom is 0.0568 e. The number of benzene rings is 1. The molecular formula is C15H21N3. The van der Waals surface area contributed by atoms with Crippen LogP contribution in [0.4, 0.5) is 0 Å². The van der Waals surface area contributed by atoms with Gasteiger partial charge in [0.15, 0.2) is 0 Å². The first-order valence-corrected chi connectivity index (χ1v) is 6.58. The molecule has 2 rings (SSSR count). The molecular weight excluding hydrogens is 222 g/mol. The highest BCUT2D eigenvalue weighted by atomic mass is 15.3. The van der Waals surface area contributed by atoms with E-state index in [1.807, 2.05) is 17.9 Å². The van der Waals surface area contributed by atoms with Crippen LogP contribution in [0.2, 0.25) is 0 Å². The largest absolute Gasteiger partial charge is 0.313 e. The molecule has 1 heterocycles. The molecule has 0 amide bonds. The van der Waals surface area contributed by atoms with E-state index in [0.717, 1.165) is 13.0 Å². The van der Waals surface area contributed by atoms with Crippen LogP contribution in [0, 0.1) is 0 Å². The van der Waals surface area contributed by atoms with Crippen LogP contribution in [0.5, 0.6) is 0 Å². The number of aryl methyl sites for hydroxylation is 1. The standard InChI is InChI=1S/C15H21N3/c1-4-15(16-3)13-8-6-7-12(9-13)14-10-17-18(5-2)11-14/h6-11,15-16H,4-5H2,1-3H3. The molecule has 0 aliphatic carbocycles. The Labute approximate surface area is 109 Å². The van der Waals surface area contributed by atoms with Crippen LogP contribution in [0.25, 0.3) is 11.1 Å². The van der Waals surface area contributed by atoms with Crippen molar-refractivity contribution in [2.75, 3.05) is 7.05 Å². The smallest absolute Gasteiger partial charge is 0.0568 e. The molecule has 0 saturated heterocycles. The first kappa shape index (κ1) is 12.8. The molecule has 0 saturated carbocycles. The number of hydrogen-bond donors (Lipinski definition) is 1. The zero-order valence-corrected chi connectivity index (χ0v) is 11.4. The molecule has 1 aromatic carbocycles. The van der Waals surface area contributed by atoms with Crippen molar-refractivity contribution in [3.8, 4) is 11.1 Å². The zero-order chi connectivity index (χ0) is 13.0. The molecule has 0 radical (unpaired) electrons. The van der Waals surface area contributed by atoms with Gasteiger partial charge < -0.3 is 5.32 Å². The first-order chi connectivity index (χ1) is 8.78. The van der Waals surface area contributed by atoms with Gasteiger partial charge in [0.25, 0.3) is 0 Å². The first-order valence-electron chi connectivity index (χ1n) is 6.58. The Hall–Kier alpha value is -1.61. The lowest BCUT2D eigenvalue weighted by Gasteiger charge is -2.14. The van der Waals surface area contributed by atoms with Crippen molar-refractivity contribution in [3.63, 3.8) is 0 Å². The fraction of sp³-hybridized carbons (Fsp3) is 0.400. The Kier molecular flexibility index (Phi) is 4.15. The van der Waals surface area contributed by atoms with E-state index in [4.69, 9.17) is 0 Å². The Morgan fingerprint density at radius 3 is 2.72 bits per heavy atom. The molecule has 96 valence electrons. The zero-order valence-electron chi connectivity index (χ0n) is 11.4.